The second-order valence-corrected chi connectivity index (χ2v) is 8.58. The predicted octanol–water partition coefficient (Wildman–Crippen LogP) is 2.26. The standard InChI is InChI=1S/C19H24N2OS.C4H4O4/c22-11-10-20-6-8-21(9-7-20)18-13-15-3-1-2-4-16(15)14-19-17(18)5-12-23-19;5-3(6)1-2-4(7)8/h1-5,12,18,22H,6-11,13-14H2;1-2H,(H,5,6)(H,7,8)/b;2-1-. The van der Waals surface area contributed by atoms with Gasteiger partial charge in [0, 0.05) is 62.2 Å². The van der Waals surface area contributed by atoms with Crippen molar-refractivity contribution < 1.29 is 24.9 Å². The first kappa shape index (κ1) is 23.1. The van der Waals surface area contributed by atoms with E-state index in [1.54, 1.807) is 5.56 Å². The summed E-state index contributed by atoms with van der Waals surface area (Å²) in [4.78, 5) is 25.7. The van der Waals surface area contributed by atoms with Gasteiger partial charge in [0.15, 0.2) is 0 Å². The molecular formula is C23H28N2O5S. The summed E-state index contributed by atoms with van der Waals surface area (Å²) >= 11 is 1.91. The molecule has 1 aromatic carbocycles. The molecule has 3 N–H and O–H groups in total. The topological polar surface area (TPSA) is 101 Å². The molecule has 0 amide bonds. The molecule has 7 nitrogen and oxygen atoms in total. The number of hydrogen-bond donors (Lipinski definition) is 3. The summed E-state index contributed by atoms with van der Waals surface area (Å²) < 4.78 is 0. The number of aliphatic hydroxyl groups is 1. The summed E-state index contributed by atoms with van der Waals surface area (Å²) in [5.74, 6) is -2.51. The molecule has 0 bridgehead atoms. The van der Waals surface area contributed by atoms with Crippen LogP contribution in [0, 0.1) is 0 Å². The van der Waals surface area contributed by atoms with Crippen molar-refractivity contribution in [3.8, 4) is 0 Å². The first-order chi connectivity index (χ1) is 15.0. The van der Waals surface area contributed by atoms with Crippen LogP contribution in [0.15, 0.2) is 47.9 Å². The predicted molar refractivity (Wildman–Crippen MR) is 120 cm³/mol. The quantitative estimate of drug-likeness (QED) is 0.608. The Morgan fingerprint density at radius 3 is 2.26 bits per heavy atom. The molecule has 1 aromatic heterocycles. The minimum Gasteiger partial charge on any atom is -0.478 e. The molecule has 8 heteroatoms. The van der Waals surface area contributed by atoms with Gasteiger partial charge >= 0.3 is 11.9 Å². The highest BCUT2D eigenvalue weighted by Crippen LogP contribution is 2.37. The minimum atomic E-state index is -1.26. The van der Waals surface area contributed by atoms with E-state index in [4.69, 9.17) is 15.3 Å². The molecule has 4 rings (SSSR count). The normalized spacial score (nSPS) is 19.1. The van der Waals surface area contributed by atoms with Crippen molar-refractivity contribution in [3.63, 3.8) is 0 Å². The van der Waals surface area contributed by atoms with E-state index in [0.29, 0.717) is 18.2 Å². The molecular weight excluding hydrogens is 416 g/mol. The van der Waals surface area contributed by atoms with E-state index in [2.05, 4.69) is 45.5 Å². The first-order valence-electron chi connectivity index (χ1n) is 10.3. The molecule has 1 aliphatic heterocycles. The highest BCUT2D eigenvalue weighted by atomic mass is 32.1. The lowest BCUT2D eigenvalue weighted by molar-refractivity contribution is -0.134. The number of fused-ring (bicyclic) bond motifs is 2. The third-order valence-electron chi connectivity index (χ3n) is 5.65. The average molecular weight is 445 g/mol. The van der Waals surface area contributed by atoms with Crippen LogP contribution in [0.3, 0.4) is 0 Å². The Hall–Kier alpha value is -2.52. The number of benzene rings is 1. The number of carboxylic acid groups (broad SMARTS) is 2. The Kier molecular flexibility index (Phi) is 8.36. The maximum Gasteiger partial charge on any atom is 0.328 e. The van der Waals surface area contributed by atoms with E-state index >= 15 is 0 Å². The zero-order valence-corrected chi connectivity index (χ0v) is 18.1. The van der Waals surface area contributed by atoms with Crippen molar-refractivity contribution in [1.29, 1.82) is 0 Å². The third-order valence-corrected chi connectivity index (χ3v) is 6.59. The number of rotatable bonds is 5. The van der Waals surface area contributed by atoms with Crippen LogP contribution in [0.2, 0.25) is 0 Å². The molecule has 2 heterocycles. The highest BCUT2D eigenvalue weighted by Gasteiger charge is 2.29. The summed E-state index contributed by atoms with van der Waals surface area (Å²) in [6.45, 7) is 5.41. The van der Waals surface area contributed by atoms with Gasteiger partial charge in [0.1, 0.15) is 0 Å². The lowest BCUT2D eigenvalue weighted by Gasteiger charge is -2.39. The largest absolute Gasteiger partial charge is 0.478 e. The lowest BCUT2D eigenvalue weighted by Crippen LogP contribution is -2.48. The Balaban J connectivity index is 0.000000293. The van der Waals surface area contributed by atoms with Crippen LogP contribution in [0.1, 0.15) is 27.6 Å². The fourth-order valence-corrected chi connectivity index (χ4v) is 5.08. The molecule has 1 fully saturated rings. The molecule has 0 radical (unpaired) electrons. The van der Waals surface area contributed by atoms with E-state index in [1.807, 2.05) is 11.3 Å². The number of piperazine rings is 1. The summed E-state index contributed by atoms with van der Waals surface area (Å²) in [6, 6.07) is 11.8. The van der Waals surface area contributed by atoms with Crippen LogP contribution >= 0.6 is 11.3 Å². The SMILES string of the molecule is O=C(O)/C=C\C(=O)O.OCCN1CCN(C2Cc3ccccc3Cc3sccc32)CC1. The molecule has 0 saturated carbocycles. The van der Waals surface area contributed by atoms with E-state index in [-0.39, 0.29) is 6.61 Å². The fourth-order valence-electron chi connectivity index (χ4n) is 4.12. The zero-order valence-electron chi connectivity index (χ0n) is 17.3. The van der Waals surface area contributed by atoms with Gasteiger partial charge in [-0.1, -0.05) is 24.3 Å². The number of thiophene rings is 1. The summed E-state index contributed by atoms with van der Waals surface area (Å²) in [6.07, 6.45) is 3.33. The van der Waals surface area contributed by atoms with Gasteiger partial charge in [-0.2, -0.15) is 0 Å². The van der Waals surface area contributed by atoms with Crippen LogP contribution in [-0.4, -0.2) is 76.4 Å². The molecule has 0 spiro atoms. The van der Waals surface area contributed by atoms with Crippen LogP contribution in [-0.2, 0) is 22.4 Å². The number of β-amino-alcohol motifs (C(OH)–C–C–N with tert-alkyl or cyclic N) is 1. The van der Waals surface area contributed by atoms with Crippen molar-refractivity contribution in [2.24, 2.45) is 0 Å². The molecule has 166 valence electrons. The van der Waals surface area contributed by atoms with Gasteiger partial charge in [0.2, 0.25) is 0 Å². The molecule has 1 unspecified atom stereocenters. The van der Waals surface area contributed by atoms with Crippen molar-refractivity contribution in [2.45, 2.75) is 18.9 Å². The highest BCUT2D eigenvalue weighted by molar-refractivity contribution is 7.10. The maximum absolute atomic E-state index is 9.55. The Morgan fingerprint density at radius 2 is 1.65 bits per heavy atom. The monoisotopic (exact) mass is 444 g/mol. The summed E-state index contributed by atoms with van der Waals surface area (Å²) in [5.41, 5.74) is 4.55. The average Bonchev–Trinajstić information content (AvgIpc) is 3.15. The third kappa shape index (κ3) is 6.48. The van der Waals surface area contributed by atoms with Crippen LogP contribution in [0.25, 0.3) is 0 Å². The summed E-state index contributed by atoms with van der Waals surface area (Å²) in [5, 5.41) is 27.0. The minimum absolute atomic E-state index is 0.269. The number of carboxylic acids is 2. The Labute approximate surface area is 185 Å². The van der Waals surface area contributed by atoms with Crippen molar-refractivity contribution in [3.05, 3.63) is 69.4 Å². The maximum atomic E-state index is 9.55. The molecule has 1 atom stereocenters. The Bertz CT molecular complexity index is 902. The van der Waals surface area contributed by atoms with Crippen LogP contribution in [0.4, 0.5) is 0 Å². The summed E-state index contributed by atoms with van der Waals surface area (Å²) in [7, 11) is 0. The molecule has 2 aromatic rings. The van der Waals surface area contributed by atoms with E-state index in [0.717, 1.165) is 45.6 Å². The fraction of sp³-hybridized carbons (Fsp3) is 0.391. The lowest BCUT2D eigenvalue weighted by atomic mass is 9.98. The van der Waals surface area contributed by atoms with Crippen molar-refractivity contribution >= 4 is 23.3 Å². The van der Waals surface area contributed by atoms with E-state index in [9.17, 15) is 9.59 Å². The number of nitrogens with zero attached hydrogens (tertiary/aromatic N) is 2. The van der Waals surface area contributed by atoms with Gasteiger partial charge in [-0.25, -0.2) is 9.59 Å². The molecule has 2 aliphatic rings. The Morgan fingerprint density at radius 1 is 1.00 bits per heavy atom. The second kappa shape index (κ2) is 11.2. The first-order valence-corrected chi connectivity index (χ1v) is 11.2. The zero-order chi connectivity index (χ0) is 22.2. The van der Waals surface area contributed by atoms with Crippen LogP contribution < -0.4 is 0 Å². The van der Waals surface area contributed by atoms with Crippen molar-refractivity contribution in [2.75, 3.05) is 39.3 Å². The van der Waals surface area contributed by atoms with Gasteiger partial charge in [-0.3, -0.25) is 9.80 Å². The van der Waals surface area contributed by atoms with Gasteiger partial charge in [-0.05, 0) is 34.6 Å². The molecule has 31 heavy (non-hydrogen) atoms. The molecule has 1 aliphatic carbocycles. The van der Waals surface area contributed by atoms with E-state index in [1.165, 1.54) is 16.0 Å². The number of aliphatic hydroxyl groups excluding tert-OH is 1. The molecule has 1 saturated heterocycles. The van der Waals surface area contributed by atoms with E-state index < -0.39 is 11.9 Å². The van der Waals surface area contributed by atoms with Gasteiger partial charge in [0.05, 0.1) is 6.61 Å². The number of carbonyl (C=O) groups is 2. The number of hydrogen-bond acceptors (Lipinski definition) is 6. The number of aliphatic carboxylic acids is 2. The van der Waals surface area contributed by atoms with Crippen LogP contribution in [0.5, 0.6) is 0 Å². The second-order valence-electron chi connectivity index (χ2n) is 7.58. The van der Waals surface area contributed by atoms with Crippen molar-refractivity contribution in [1.82, 2.24) is 9.80 Å². The van der Waals surface area contributed by atoms with Gasteiger partial charge in [0.25, 0.3) is 0 Å². The smallest absolute Gasteiger partial charge is 0.328 e. The van der Waals surface area contributed by atoms with Gasteiger partial charge < -0.3 is 15.3 Å². The van der Waals surface area contributed by atoms with Gasteiger partial charge in [-0.15, -0.1) is 11.3 Å².